The molecule has 0 atom stereocenters. The average Bonchev–Trinajstić information content (AvgIpc) is 2.46. The number of rotatable bonds is 0. The summed E-state index contributed by atoms with van der Waals surface area (Å²) >= 11 is 0. The van der Waals surface area contributed by atoms with Crippen LogP contribution in [-0.2, 0) is 0 Å². The van der Waals surface area contributed by atoms with E-state index in [1.165, 1.54) is 0 Å². The lowest BCUT2D eigenvalue weighted by atomic mass is 10.1. The fraction of sp³-hybridized carbons (Fsp3) is 0. The van der Waals surface area contributed by atoms with Crippen LogP contribution >= 0.6 is 0 Å². The maximum Gasteiger partial charge on any atom is 0.275 e. The first-order valence-corrected chi connectivity index (χ1v) is 4.62. The standard InChI is InChI=1S/C12F4N4/c1-20-6(4-19)8-11(15)9(13)7(5(2-17)3-18)10(14)12(8)16. The van der Waals surface area contributed by atoms with E-state index in [0.717, 1.165) is 18.2 Å². The van der Waals surface area contributed by atoms with Crippen molar-refractivity contribution in [1.82, 2.24) is 0 Å². The van der Waals surface area contributed by atoms with Crippen molar-refractivity contribution in [3.05, 3.63) is 45.1 Å². The zero-order valence-corrected chi connectivity index (χ0v) is 9.30. The molecule has 1 aromatic rings. The van der Waals surface area contributed by atoms with Gasteiger partial charge in [-0.2, -0.15) is 10.5 Å². The van der Waals surface area contributed by atoms with Crippen LogP contribution in [0.2, 0.25) is 0 Å². The first-order chi connectivity index (χ1) is 9.44. The van der Waals surface area contributed by atoms with Crippen LogP contribution in [0.25, 0.3) is 16.1 Å². The van der Waals surface area contributed by atoms with Crippen molar-refractivity contribution in [2.45, 2.75) is 0 Å². The van der Waals surface area contributed by atoms with Gasteiger partial charge < -0.3 is 0 Å². The molecule has 0 unspecified atom stereocenters. The number of nitrogens with zero attached hydrogens (tertiary/aromatic N) is 4. The molecule has 0 aliphatic rings. The van der Waals surface area contributed by atoms with Gasteiger partial charge in [-0.05, 0) is 0 Å². The molecule has 0 amide bonds. The summed E-state index contributed by atoms with van der Waals surface area (Å²) in [5, 5.41) is 22.5. The maximum atomic E-state index is 13.6. The zero-order valence-electron chi connectivity index (χ0n) is 9.30. The molecule has 0 heterocycles. The Labute approximate surface area is 109 Å². The summed E-state index contributed by atoms with van der Waals surface area (Å²) in [7, 11) is 0. The fourth-order valence-corrected chi connectivity index (χ4v) is 1.33. The fourth-order valence-electron chi connectivity index (χ4n) is 1.33. The first-order valence-electron chi connectivity index (χ1n) is 4.62. The average molecular weight is 276 g/mol. The van der Waals surface area contributed by atoms with Gasteiger partial charge in [0.2, 0.25) is 0 Å². The quantitative estimate of drug-likeness (QED) is 0.403. The van der Waals surface area contributed by atoms with Gasteiger partial charge in [-0.3, -0.25) is 0 Å². The Kier molecular flexibility index (Phi) is 4.06. The van der Waals surface area contributed by atoms with Gasteiger partial charge in [0.15, 0.2) is 23.3 Å². The highest BCUT2D eigenvalue weighted by atomic mass is 19.2. The molecule has 0 aliphatic heterocycles. The molecule has 0 saturated heterocycles. The molecule has 4 nitrogen and oxygen atoms in total. The molecular weight excluding hydrogens is 276 g/mol. The molecule has 0 spiro atoms. The lowest BCUT2D eigenvalue weighted by Crippen LogP contribution is -2.30. The number of hydrogen-bond acceptors (Lipinski definition) is 3. The van der Waals surface area contributed by atoms with Crippen molar-refractivity contribution in [3.63, 3.8) is 0 Å². The smallest absolute Gasteiger partial charge is 0.226 e. The van der Waals surface area contributed by atoms with Crippen LogP contribution < -0.4 is 10.4 Å². The van der Waals surface area contributed by atoms with Gasteiger partial charge in [0.25, 0.3) is 5.70 Å². The minimum Gasteiger partial charge on any atom is -0.226 e. The van der Waals surface area contributed by atoms with Crippen LogP contribution in [0.4, 0.5) is 17.6 Å². The number of benzene rings is 1. The van der Waals surface area contributed by atoms with Crippen molar-refractivity contribution in [2.24, 2.45) is 0 Å². The Balaban J connectivity index is 4.35. The molecule has 0 aliphatic carbocycles. The van der Waals surface area contributed by atoms with E-state index in [4.69, 9.17) is 22.4 Å². The van der Waals surface area contributed by atoms with Gasteiger partial charge in [0.1, 0.15) is 17.7 Å². The summed E-state index contributed by atoms with van der Waals surface area (Å²) in [4.78, 5) is 2.45. The molecule has 1 aromatic carbocycles. The summed E-state index contributed by atoms with van der Waals surface area (Å²) in [6.07, 6.45) is 0. The Morgan fingerprint density at radius 2 is 1.20 bits per heavy atom. The largest absolute Gasteiger partial charge is 0.275 e. The molecular formula is C12F4N4. The van der Waals surface area contributed by atoms with Gasteiger partial charge in [0.05, 0.1) is 23.1 Å². The van der Waals surface area contributed by atoms with Crippen LogP contribution in [0.5, 0.6) is 0 Å². The maximum absolute atomic E-state index is 13.6. The lowest BCUT2D eigenvalue weighted by molar-refractivity contribution is 0.434. The Morgan fingerprint density at radius 1 is 0.800 bits per heavy atom. The summed E-state index contributed by atoms with van der Waals surface area (Å²) in [5.74, 6) is -8.08. The van der Waals surface area contributed by atoms with Crippen molar-refractivity contribution in [3.8, 4) is 18.2 Å². The second-order valence-electron chi connectivity index (χ2n) is 3.18. The molecule has 0 aromatic heterocycles. The first kappa shape index (κ1) is 14.7. The Bertz CT molecular complexity index is 746. The third kappa shape index (κ3) is 2.03. The number of hydrogen-bond donors (Lipinski definition) is 0. The van der Waals surface area contributed by atoms with E-state index in [2.05, 4.69) is 4.85 Å². The van der Waals surface area contributed by atoms with Crippen LogP contribution in [0.15, 0.2) is 0 Å². The molecule has 0 fully saturated rings. The monoisotopic (exact) mass is 276 g/mol. The van der Waals surface area contributed by atoms with Crippen LogP contribution in [-0.4, -0.2) is 0 Å². The zero-order chi connectivity index (χ0) is 15.4. The Morgan fingerprint density at radius 3 is 1.50 bits per heavy atom. The Hall–Kier alpha value is -3.36. The highest BCUT2D eigenvalue weighted by Crippen LogP contribution is 2.07. The molecule has 0 radical (unpaired) electrons. The topological polar surface area (TPSA) is 75.7 Å². The van der Waals surface area contributed by atoms with E-state index in [1.54, 1.807) is 0 Å². The van der Waals surface area contributed by atoms with Gasteiger partial charge in [-0.15, -0.1) is 0 Å². The SMILES string of the molecule is [C-]#[N+]C(C#N)=c1c(F)c(F)c(=C(C#N)C#N)c(F)c1F. The van der Waals surface area contributed by atoms with Gasteiger partial charge in [0, 0.05) is 0 Å². The number of nitriles is 3. The van der Waals surface area contributed by atoms with Gasteiger partial charge >= 0.3 is 0 Å². The van der Waals surface area contributed by atoms with E-state index in [1.807, 2.05) is 0 Å². The predicted octanol–water partition coefficient (Wildman–Crippen LogP) is 0.992. The summed E-state index contributed by atoms with van der Waals surface area (Å²) < 4.78 is 54.5. The van der Waals surface area contributed by atoms with E-state index < -0.39 is 45.0 Å². The lowest BCUT2D eigenvalue weighted by Gasteiger charge is -2.01. The molecule has 20 heavy (non-hydrogen) atoms. The van der Waals surface area contributed by atoms with Crippen LogP contribution in [0.3, 0.4) is 0 Å². The highest BCUT2D eigenvalue weighted by Gasteiger charge is 2.22. The summed E-state index contributed by atoms with van der Waals surface area (Å²) in [6.45, 7) is 6.52. The predicted molar refractivity (Wildman–Crippen MR) is 55.8 cm³/mol. The van der Waals surface area contributed by atoms with Crippen molar-refractivity contribution >= 4 is 11.3 Å². The van der Waals surface area contributed by atoms with E-state index in [9.17, 15) is 17.6 Å². The van der Waals surface area contributed by atoms with Crippen LogP contribution in [0.1, 0.15) is 0 Å². The molecule has 0 saturated carbocycles. The van der Waals surface area contributed by atoms with Gasteiger partial charge in [-0.1, -0.05) is 0 Å². The van der Waals surface area contributed by atoms with E-state index in [0.29, 0.717) is 0 Å². The van der Waals surface area contributed by atoms with Crippen molar-refractivity contribution in [2.75, 3.05) is 0 Å². The molecule has 0 bridgehead atoms. The molecule has 1 rings (SSSR count). The van der Waals surface area contributed by atoms with Crippen molar-refractivity contribution < 1.29 is 17.6 Å². The van der Waals surface area contributed by atoms with Crippen molar-refractivity contribution in [1.29, 1.82) is 15.8 Å². The second kappa shape index (κ2) is 5.52. The minimum atomic E-state index is -2.02. The normalized spacial score (nSPS) is 8.80. The van der Waals surface area contributed by atoms with E-state index in [-0.39, 0.29) is 0 Å². The summed E-state index contributed by atoms with van der Waals surface area (Å²) in [5.41, 5.74) is -2.37. The minimum absolute atomic E-state index is 1.09. The van der Waals surface area contributed by atoms with Gasteiger partial charge in [-0.25, -0.2) is 27.7 Å². The molecule has 8 heteroatoms. The molecule has 96 valence electrons. The van der Waals surface area contributed by atoms with E-state index >= 15 is 0 Å². The number of halogens is 4. The van der Waals surface area contributed by atoms with Crippen LogP contribution in [0, 0.1) is 63.8 Å². The third-order valence-electron chi connectivity index (χ3n) is 2.19. The molecule has 0 N–H and O–H groups in total. The highest BCUT2D eigenvalue weighted by molar-refractivity contribution is 5.73. The summed E-state index contributed by atoms with van der Waals surface area (Å²) in [6, 6.07) is 3.27. The second-order valence-corrected chi connectivity index (χ2v) is 3.18. The third-order valence-corrected chi connectivity index (χ3v) is 2.19.